The van der Waals surface area contributed by atoms with E-state index in [4.69, 9.17) is 10.8 Å². The lowest BCUT2D eigenvalue weighted by Crippen LogP contribution is -2.58. The highest BCUT2D eigenvalue weighted by Gasteiger charge is 2.38. The molecule has 0 aromatic heterocycles. The van der Waals surface area contributed by atoms with Gasteiger partial charge in [0.1, 0.15) is 12.1 Å². The molecular weight excluding hydrogens is 400 g/mol. The molecule has 6 N–H and O–H groups in total. The summed E-state index contributed by atoms with van der Waals surface area (Å²) in [4.78, 5) is 50.4. The molecule has 10 nitrogen and oxygen atoms in total. The van der Waals surface area contributed by atoms with Crippen LogP contribution in [0, 0.1) is 5.92 Å². The topological polar surface area (TPSA) is 162 Å². The predicted octanol–water partition coefficient (Wildman–Crippen LogP) is -1.28. The number of rotatable bonds is 10. The number of carboxylic acids is 1. The maximum absolute atomic E-state index is 12.8. The van der Waals surface area contributed by atoms with Crippen molar-refractivity contribution in [1.29, 1.82) is 0 Å². The second kappa shape index (κ2) is 11.4. The number of amides is 3. The van der Waals surface area contributed by atoms with Crippen molar-refractivity contribution in [2.75, 3.05) is 12.3 Å². The Hall–Kier alpha value is -1.85. The van der Waals surface area contributed by atoms with Crippen LogP contribution in [0.2, 0.25) is 0 Å². The molecule has 0 aromatic rings. The Balaban J connectivity index is 2.91. The average Bonchev–Trinajstić information content (AvgIpc) is 3.12. The highest BCUT2D eigenvalue weighted by atomic mass is 32.1. The highest BCUT2D eigenvalue weighted by Crippen LogP contribution is 2.19. The molecule has 5 unspecified atom stereocenters. The van der Waals surface area contributed by atoms with E-state index in [-0.39, 0.29) is 24.0 Å². The molecule has 0 spiro atoms. The molecule has 166 valence electrons. The largest absolute Gasteiger partial charge is 0.480 e. The maximum atomic E-state index is 12.8. The van der Waals surface area contributed by atoms with Gasteiger partial charge in [0.2, 0.25) is 17.7 Å². The van der Waals surface area contributed by atoms with Gasteiger partial charge in [0, 0.05) is 12.3 Å². The normalized spacial score (nSPS) is 20.7. The van der Waals surface area contributed by atoms with Crippen LogP contribution in [0.3, 0.4) is 0 Å². The molecule has 1 aliphatic rings. The summed E-state index contributed by atoms with van der Waals surface area (Å²) in [5.41, 5.74) is 5.74. The molecule has 0 bridgehead atoms. The quantitative estimate of drug-likeness (QED) is 0.234. The summed E-state index contributed by atoms with van der Waals surface area (Å²) >= 11 is 4.02. The van der Waals surface area contributed by atoms with Crippen LogP contribution in [0.5, 0.6) is 0 Å². The van der Waals surface area contributed by atoms with Crippen molar-refractivity contribution in [3.63, 3.8) is 0 Å². The van der Waals surface area contributed by atoms with E-state index in [9.17, 15) is 24.3 Å². The number of nitrogens with one attached hydrogen (secondary N) is 2. The highest BCUT2D eigenvalue weighted by molar-refractivity contribution is 7.80. The van der Waals surface area contributed by atoms with Gasteiger partial charge in [-0.2, -0.15) is 12.6 Å². The third-order valence-corrected chi connectivity index (χ3v) is 5.13. The van der Waals surface area contributed by atoms with Gasteiger partial charge in [-0.1, -0.05) is 13.8 Å². The van der Waals surface area contributed by atoms with Gasteiger partial charge in [0.15, 0.2) is 6.04 Å². The van der Waals surface area contributed by atoms with E-state index >= 15 is 0 Å². The SMILES string of the molecule is CC(C)CC(NC(=O)C1CCCN1C(=O)C(N)CS)C(=O)NC(C(=O)O)C(C)O. The van der Waals surface area contributed by atoms with Crippen LogP contribution in [0.4, 0.5) is 0 Å². The Labute approximate surface area is 176 Å². The number of carboxylic acid groups (broad SMARTS) is 1. The third kappa shape index (κ3) is 7.16. The number of aliphatic hydroxyl groups is 1. The molecule has 1 aliphatic heterocycles. The molecule has 1 saturated heterocycles. The smallest absolute Gasteiger partial charge is 0.328 e. The first-order valence-electron chi connectivity index (χ1n) is 9.68. The Morgan fingerprint density at radius 3 is 2.31 bits per heavy atom. The lowest BCUT2D eigenvalue weighted by atomic mass is 10.0. The average molecular weight is 433 g/mol. The zero-order chi connectivity index (χ0) is 22.3. The van der Waals surface area contributed by atoms with Gasteiger partial charge in [-0.25, -0.2) is 4.79 Å². The van der Waals surface area contributed by atoms with E-state index in [1.54, 1.807) is 0 Å². The summed E-state index contributed by atoms with van der Waals surface area (Å²) in [5, 5.41) is 23.6. The molecule has 11 heteroatoms. The van der Waals surface area contributed by atoms with Gasteiger partial charge in [-0.15, -0.1) is 0 Å². The van der Waals surface area contributed by atoms with Crippen molar-refractivity contribution in [1.82, 2.24) is 15.5 Å². The second-order valence-electron chi connectivity index (χ2n) is 7.73. The Morgan fingerprint density at radius 1 is 1.21 bits per heavy atom. The van der Waals surface area contributed by atoms with Gasteiger partial charge in [-0.3, -0.25) is 14.4 Å². The van der Waals surface area contributed by atoms with Gasteiger partial charge in [-0.05, 0) is 32.1 Å². The number of aliphatic carboxylic acids is 1. The van der Waals surface area contributed by atoms with E-state index in [0.29, 0.717) is 19.4 Å². The summed E-state index contributed by atoms with van der Waals surface area (Å²) in [7, 11) is 0. The maximum Gasteiger partial charge on any atom is 0.328 e. The van der Waals surface area contributed by atoms with Gasteiger partial charge in [0.05, 0.1) is 12.1 Å². The summed E-state index contributed by atoms with van der Waals surface area (Å²) in [6, 6.07) is -4.06. The first kappa shape index (κ1) is 25.2. The first-order chi connectivity index (χ1) is 13.5. The van der Waals surface area contributed by atoms with E-state index < -0.39 is 48.1 Å². The van der Waals surface area contributed by atoms with Crippen LogP contribution in [-0.2, 0) is 19.2 Å². The molecule has 0 radical (unpaired) electrons. The summed E-state index contributed by atoms with van der Waals surface area (Å²) in [5.74, 6) is -2.77. The van der Waals surface area contributed by atoms with Gasteiger partial charge in [0.25, 0.3) is 0 Å². The van der Waals surface area contributed by atoms with Crippen LogP contribution in [0.15, 0.2) is 0 Å². The predicted molar refractivity (Wildman–Crippen MR) is 109 cm³/mol. The molecule has 0 aromatic carbocycles. The van der Waals surface area contributed by atoms with Crippen molar-refractivity contribution < 1.29 is 29.4 Å². The van der Waals surface area contributed by atoms with Gasteiger partial charge >= 0.3 is 5.97 Å². The summed E-state index contributed by atoms with van der Waals surface area (Å²) in [6.07, 6.45) is 0.0316. The Morgan fingerprint density at radius 2 is 1.83 bits per heavy atom. The second-order valence-corrected chi connectivity index (χ2v) is 8.10. The zero-order valence-electron chi connectivity index (χ0n) is 17.0. The fourth-order valence-electron chi connectivity index (χ4n) is 3.21. The van der Waals surface area contributed by atoms with Crippen LogP contribution >= 0.6 is 12.6 Å². The fraction of sp³-hybridized carbons (Fsp3) is 0.778. The van der Waals surface area contributed by atoms with Crippen molar-refractivity contribution in [2.24, 2.45) is 11.7 Å². The number of carbonyl (C=O) groups excluding carboxylic acids is 3. The molecular formula is C18H32N4O6S. The summed E-state index contributed by atoms with van der Waals surface area (Å²) in [6.45, 7) is 5.35. The number of thiol groups is 1. The van der Waals surface area contributed by atoms with Crippen LogP contribution in [0.1, 0.15) is 40.0 Å². The first-order valence-corrected chi connectivity index (χ1v) is 10.3. The van der Waals surface area contributed by atoms with Gasteiger partial charge < -0.3 is 31.5 Å². The van der Waals surface area contributed by atoms with E-state index in [1.165, 1.54) is 11.8 Å². The Bertz CT molecular complexity index is 615. The Kier molecular flexibility index (Phi) is 9.87. The minimum atomic E-state index is -1.49. The van der Waals surface area contributed by atoms with Crippen molar-refractivity contribution >= 4 is 36.3 Å². The molecule has 0 aliphatic carbocycles. The number of carbonyl (C=O) groups is 4. The number of nitrogens with two attached hydrogens (primary N) is 1. The molecule has 1 fully saturated rings. The lowest BCUT2D eigenvalue weighted by molar-refractivity contribution is -0.145. The number of hydrogen-bond acceptors (Lipinski definition) is 7. The minimum absolute atomic E-state index is 0.0276. The van der Waals surface area contributed by atoms with Crippen LogP contribution in [-0.4, -0.2) is 81.4 Å². The van der Waals surface area contributed by atoms with Crippen molar-refractivity contribution in [2.45, 2.75) is 70.3 Å². The van der Waals surface area contributed by atoms with Crippen LogP contribution < -0.4 is 16.4 Å². The minimum Gasteiger partial charge on any atom is -0.480 e. The summed E-state index contributed by atoms with van der Waals surface area (Å²) < 4.78 is 0. The molecule has 1 rings (SSSR count). The van der Waals surface area contributed by atoms with E-state index in [2.05, 4.69) is 23.3 Å². The van der Waals surface area contributed by atoms with Crippen LogP contribution in [0.25, 0.3) is 0 Å². The number of nitrogens with zero attached hydrogens (tertiary/aromatic N) is 1. The number of likely N-dealkylation sites (tertiary alicyclic amines) is 1. The number of aliphatic hydroxyl groups excluding tert-OH is 1. The molecule has 3 amide bonds. The van der Waals surface area contributed by atoms with E-state index in [1.807, 2.05) is 13.8 Å². The molecule has 29 heavy (non-hydrogen) atoms. The van der Waals surface area contributed by atoms with Crippen molar-refractivity contribution in [3.8, 4) is 0 Å². The van der Waals surface area contributed by atoms with E-state index in [0.717, 1.165) is 0 Å². The lowest BCUT2D eigenvalue weighted by Gasteiger charge is -2.29. The molecule has 5 atom stereocenters. The fourth-order valence-corrected chi connectivity index (χ4v) is 3.36. The molecule has 0 saturated carbocycles. The number of hydrogen-bond donors (Lipinski definition) is 6. The standard InChI is InChI=1S/C18H32N4O6S/c1-9(2)7-12(15(24)21-14(10(3)23)18(27)28)20-16(25)13-5-4-6-22(13)17(26)11(19)8-29/h9-14,23,29H,4-8,19H2,1-3H3,(H,20,25)(H,21,24)(H,27,28). The molecule has 1 heterocycles. The van der Waals surface area contributed by atoms with Crippen molar-refractivity contribution in [3.05, 3.63) is 0 Å². The monoisotopic (exact) mass is 432 g/mol. The zero-order valence-corrected chi connectivity index (χ0v) is 17.9. The third-order valence-electron chi connectivity index (χ3n) is 4.74.